The fourth-order valence-corrected chi connectivity index (χ4v) is 6.55. The van der Waals surface area contributed by atoms with Gasteiger partial charge in [0.15, 0.2) is 5.65 Å². The van der Waals surface area contributed by atoms with Crippen LogP contribution >= 0.6 is 0 Å². The van der Waals surface area contributed by atoms with Crippen LogP contribution in [-0.2, 0) is 21.4 Å². The summed E-state index contributed by atoms with van der Waals surface area (Å²) in [6.45, 7) is 3.68. The molecule has 0 amide bonds. The van der Waals surface area contributed by atoms with Gasteiger partial charge >= 0.3 is 5.97 Å². The van der Waals surface area contributed by atoms with Gasteiger partial charge in [-0.05, 0) is 69.1 Å². The molecule has 1 aromatic carbocycles. The van der Waals surface area contributed by atoms with Crippen molar-refractivity contribution in [3.05, 3.63) is 66.4 Å². The van der Waals surface area contributed by atoms with E-state index < -0.39 is 11.4 Å². The second kappa shape index (κ2) is 11.5. The molecule has 216 valence electrons. The number of Topliss-reactive ketones (excluding diaryl/α,β-unsaturated/α-hetero) is 1. The lowest BCUT2D eigenvalue weighted by Crippen LogP contribution is -2.37. The number of hydrogen-bond acceptors (Lipinski definition) is 7. The Hall–Kier alpha value is -4.32. The van der Waals surface area contributed by atoms with Crippen molar-refractivity contribution in [2.75, 3.05) is 0 Å². The number of carbonyl (C=O) groups excluding carboxylic acids is 2. The van der Waals surface area contributed by atoms with Crippen molar-refractivity contribution in [2.45, 2.75) is 83.1 Å². The Morgan fingerprint density at radius 2 is 1.90 bits per heavy atom. The first kappa shape index (κ1) is 27.8. The maximum atomic E-state index is 13.4. The molecule has 2 saturated carbocycles. The number of aromatic nitrogens is 5. The van der Waals surface area contributed by atoms with Crippen LogP contribution in [0.3, 0.4) is 0 Å². The minimum Gasteiger partial charge on any atom is -0.334 e. The smallest absolute Gasteiger partial charge is 0.334 e. The average Bonchev–Trinajstić information content (AvgIpc) is 3.81. The van der Waals surface area contributed by atoms with Crippen molar-refractivity contribution in [3.8, 4) is 17.3 Å². The summed E-state index contributed by atoms with van der Waals surface area (Å²) in [5.74, 6) is 0.514. The lowest BCUT2D eigenvalue weighted by molar-refractivity contribution is -0.149. The quantitative estimate of drug-likeness (QED) is 0.253. The van der Waals surface area contributed by atoms with Gasteiger partial charge in [0.2, 0.25) is 0 Å². The minimum atomic E-state index is -0.911. The number of benzene rings is 1. The number of ketones is 1. The number of hydrogen-bond donors (Lipinski definition) is 0. The summed E-state index contributed by atoms with van der Waals surface area (Å²) in [5.41, 5.74) is 3.03. The molecule has 2 aliphatic rings. The molecule has 0 N–H and O–H groups in total. The maximum Gasteiger partial charge on any atom is 0.342 e. The molecule has 2 aliphatic carbocycles. The van der Waals surface area contributed by atoms with Crippen LogP contribution in [0.1, 0.15) is 82.4 Å². The van der Waals surface area contributed by atoms with Crippen molar-refractivity contribution in [1.29, 1.82) is 5.26 Å². The van der Waals surface area contributed by atoms with E-state index in [1.54, 1.807) is 12.4 Å². The Morgan fingerprint density at radius 3 is 2.62 bits per heavy atom. The van der Waals surface area contributed by atoms with Gasteiger partial charge in [-0.3, -0.25) is 9.48 Å². The van der Waals surface area contributed by atoms with Crippen LogP contribution in [0, 0.1) is 23.2 Å². The van der Waals surface area contributed by atoms with Gasteiger partial charge in [-0.1, -0.05) is 37.1 Å². The first-order chi connectivity index (χ1) is 20.3. The molecule has 9 nitrogen and oxygen atoms in total. The van der Waals surface area contributed by atoms with Crippen LogP contribution < -0.4 is 4.84 Å². The highest BCUT2D eigenvalue weighted by molar-refractivity contribution is 5.91. The summed E-state index contributed by atoms with van der Waals surface area (Å²) in [5, 5.41) is 14.8. The molecular formula is C33H36N6O3. The Labute approximate surface area is 245 Å². The molecule has 3 heterocycles. The number of fused-ring (bicyclic) bond motifs is 1. The zero-order valence-electron chi connectivity index (χ0n) is 24.2. The van der Waals surface area contributed by atoms with E-state index in [2.05, 4.69) is 21.1 Å². The van der Waals surface area contributed by atoms with Gasteiger partial charge < -0.3 is 4.84 Å². The molecule has 0 radical (unpaired) electrons. The number of nitriles is 1. The van der Waals surface area contributed by atoms with Crippen LogP contribution in [0.15, 0.2) is 55.2 Å². The van der Waals surface area contributed by atoms with Crippen LogP contribution in [0.2, 0.25) is 0 Å². The summed E-state index contributed by atoms with van der Waals surface area (Å²) in [6, 6.07) is 12.1. The Balaban J connectivity index is 1.19. The summed E-state index contributed by atoms with van der Waals surface area (Å²) in [4.78, 5) is 40.3. The van der Waals surface area contributed by atoms with Crippen molar-refractivity contribution in [3.63, 3.8) is 0 Å². The van der Waals surface area contributed by atoms with Gasteiger partial charge in [0.25, 0.3) is 0 Å². The molecule has 6 rings (SSSR count). The third-order valence-corrected chi connectivity index (χ3v) is 9.19. The second-order valence-corrected chi connectivity index (χ2v) is 12.2. The molecule has 9 heteroatoms. The summed E-state index contributed by atoms with van der Waals surface area (Å²) in [7, 11) is 0. The van der Waals surface area contributed by atoms with Crippen LogP contribution in [0.4, 0.5) is 0 Å². The van der Waals surface area contributed by atoms with Gasteiger partial charge in [0.1, 0.15) is 12.1 Å². The molecule has 1 unspecified atom stereocenters. The third-order valence-electron chi connectivity index (χ3n) is 9.19. The van der Waals surface area contributed by atoms with E-state index in [1.165, 1.54) is 23.9 Å². The predicted molar refractivity (Wildman–Crippen MR) is 157 cm³/mol. The molecule has 0 bridgehead atoms. The van der Waals surface area contributed by atoms with Crippen LogP contribution in [0.5, 0.6) is 0 Å². The highest BCUT2D eigenvalue weighted by Crippen LogP contribution is 2.37. The van der Waals surface area contributed by atoms with E-state index in [1.807, 2.05) is 55.1 Å². The van der Waals surface area contributed by atoms with Crippen molar-refractivity contribution >= 4 is 22.8 Å². The summed E-state index contributed by atoms with van der Waals surface area (Å²) >= 11 is 0. The van der Waals surface area contributed by atoms with Crippen molar-refractivity contribution in [1.82, 2.24) is 24.5 Å². The Bertz CT molecular complexity index is 1640. The summed E-state index contributed by atoms with van der Waals surface area (Å²) < 4.78 is 3.31. The van der Waals surface area contributed by atoms with E-state index in [0.29, 0.717) is 35.9 Å². The fourth-order valence-electron chi connectivity index (χ4n) is 6.55. The lowest BCUT2D eigenvalue weighted by atomic mass is 9.84. The topological polar surface area (TPSA) is 116 Å². The number of carbonyl (C=O) groups is 2. The van der Waals surface area contributed by atoms with Crippen LogP contribution in [-0.4, -0.2) is 36.2 Å². The van der Waals surface area contributed by atoms with Gasteiger partial charge in [-0.2, -0.15) is 15.1 Å². The molecule has 0 saturated heterocycles. The van der Waals surface area contributed by atoms with E-state index in [9.17, 15) is 14.9 Å². The molecule has 2 atom stereocenters. The molecule has 0 spiro atoms. The third kappa shape index (κ3) is 5.34. The van der Waals surface area contributed by atoms with E-state index in [4.69, 9.17) is 4.84 Å². The van der Waals surface area contributed by atoms with E-state index >= 15 is 0 Å². The van der Waals surface area contributed by atoms with E-state index in [0.717, 1.165) is 54.2 Å². The molecule has 0 aliphatic heterocycles. The lowest BCUT2D eigenvalue weighted by Gasteiger charge is -2.23. The highest BCUT2D eigenvalue weighted by Gasteiger charge is 2.33. The fraction of sp³-hybridized carbons (Fsp3) is 0.455. The second-order valence-electron chi connectivity index (χ2n) is 12.2. The number of rotatable bonds is 9. The standard InChI is InChI=1S/C33H36N6O3/c1-33(2,26-12-10-22(11-13-26)18-24-8-5-9-29(24)40)32(41)42-39-17-15-27-30(35-21-36-31(27)39)25-19-37-38(20-25)28(14-16-34)23-6-3-4-7-23/h10-13,15,17,19-21,23-24,28H,3-9,14,18H2,1-2H3/t24?,28-/m1/s1. The first-order valence-corrected chi connectivity index (χ1v) is 14.9. The Morgan fingerprint density at radius 1 is 1.12 bits per heavy atom. The molecular weight excluding hydrogens is 528 g/mol. The molecule has 2 fully saturated rings. The SMILES string of the molecule is CC(C)(C(=O)On1ccc2c(-c3cnn([C@H](CC#N)C4CCCC4)c3)ncnc21)c1ccc(CC2CCCC2=O)cc1. The van der Waals surface area contributed by atoms with Gasteiger partial charge in [0.05, 0.1) is 35.8 Å². The monoisotopic (exact) mass is 564 g/mol. The average molecular weight is 565 g/mol. The van der Waals surface area contributed by atoms with Crippen molar-refractivity contribution < 1.29 is 14.4 Å². The van der Waals surface area contributed by atoms with Gasteiger partial charge in [0, 0.05) is 35.7 Å². The molecule has 4 aromatic rings. The molecule has 3 aromatic heterocycles. The molecule has 42 heavy (non-hydrogen) atoms. The normalized spacial score (nSPS) is 18.4. The van der Waals surface area contributed by atoms with Gasteiger partial charge in [-0.15, -0.1) is 0 Å². The maximum absolute atomic E-state index is 13.4. The van der Waals surface area contributed by atoms with Crippen molar-refractivity contribution in [2.24, 2.45) is 11.8 Å². The first-order valence-electron chi connectivity index (χ1n) is 14.9. The largest absolute Gasteiger partial charge is 0.342 e. The van der Waals surface area contributed by atoms with Crippen LogP contribution in [0.25, 0.3) is 22.3 Å². The summed E-state index contributed by atoms with van der Waals surface area (Å²) in [6.07, 6.45) is 15.3. The van der Waals surface area contributed by atoms with Gasteiger partial charge in [-0.25, -0.2) is 14.8 Å². The van der Waals surface area contributed by atoms with E-state index in [-0.39, 0.29) is 12.0 Å². The highest BCUT2D eigenvalue weighted by atomic mass is 16.7. The predicted octanol–water partition coefficient (Wildman–Crippen LogP) is 5.78. The zero-order chi connectivity index (χ0) is 29.3. The minimum absolute atomic E-state index is 0.0515. The Kier molecular flexibility index (Phi) is 7.63. The zero-order valence-corrected chi connectivity index (χ0v) is 24.2. The number of nitrogens with zero attached hydrogens (tertiary/aromatic N) is 6.